The molecule has 2 aliphatic heterocycles. The smallest absolute Gasteiger partial charge is 0.253 e. The van der Waals surface area contributed by atoms with Crippen molar-refractivity contribution in [3.63, 3.8) is 0 Å². The van der Waals surface area contributed by atoms with Crippen LogP contribution in [-0.4, -0.2) is 48.5 Å². The second-order valence-corrected chi connectivity index (χ2v) is 7.98. The fraction of sp³-hybridized carbons (Fsp3) is 0.533. The van der Waals surface area contributed by atoms with Gasteiger partial charge >= 0.3 is 0 Å². The van der Waals surface area contributed by atoms with Crippen molar-refractivity contribution >= 4 is 41.8 Å². The number of rotatable bonds is 3. The van der Waals surface area contributed by atoms with Crippen molar-refractivity contribution in [1.82, 2.24) is 10.2 Å². The Balaban J connectivity index is 0.00000161. The lowest BCUT2D eigenvalue weighted by molar-refractivity contribution is 0.0744. The van der Waals surface area contributed by atoms with Crippen molar-refractivity contribution in [3.05, 3.63) is 35.4 Å². The summed E-state index contributed by atoms with van der Waals surface area (Å²) in [5.74, 6) is 2.60. The third kappa shape index (κ3) is 3.89. The molecule has 2 fully saturated rings. The number of hydrogen-bond acceptors (Lipinski definition) is 4. The number of likely N-dealkylation sites (N-methyl/N-ethyl adjacent to an activating group) is 1. The average molecular weight is 345 g/mol. The fourth-order valence-corrected chi connectivity index (χ4v) is 5.53. The van der Waals surface area contributed by atoms with Crippen LogP contribution in [0, 0.1) is 0 Å². The molecule has 1 N–H and O–H groups in total. The zero-order chi connectivity index (χ0) is 13.9. The number of nitrogens with zero attached hydrogens (tertiary/aromatic N) is 1. The first-order chi connectivity index (χ1) is 9.75. The number of carbonyl (C=O) groups excluding carboxylic acids is 1. The first-order valence-electron chi connectivity index (χ1n) is 7.07. The van der Waals surface area contributed by atoms with Crippen LogP contribution in [0.1, 0.15) is 26.9 Å². The van der Waals surface area contributed by atoms with E-state index in [9.17, 15) is 4.79 Å². The summed E-state index contributed by atoms with van der Waals surface area (Å²) in [5.41, 5.74) is 2.13. The Bertz CT molecular complexity index is 471. The number of thioether (sulfide) groups is 2. The molecular weight excluding hydrogens is 324 g/mol. The average Bonchev–Trinajstić information content (AvgIpc) is 3.18. The van der Waals surface area contributed by atoms with Crippen molar-refractivity contribution in [2.75, 3.05) is 31.6 Å². The van der Waals surface area contributed by atoms with Gasteiger partial charge in [0.1, 0.15) is 0 Å². The topological polar surface area (TPSA) is 32.3 Å². The van der Waals surface area contributed by atoms with Crippen molar-refractivity contribution < 1.29 is 4.79 Å². The SMILES string of the molecule is CN(C(=O)c1ccc(C2SCCS2)cc1)C1CCNC1.Cl. The van der Waals surface area contributed by atoms with Crippen LogP contribution in [-0.2, 0) is 0 Å². The Labute approximate surface area is 141 Å². The molecule has 6 heteroatoms. The third-order valence-electron chi connectivity index (χ3n) is 3.95. The molecule has 0 radical (unpaired) electrons. The molecule has 0 spiro atoms. The highest BCUT2D eigenvalue weighted by Crippen LogP contribution is 2.45. The molecule has 1 amide bonds. The van der Waals surface area contributed by atoms with Crippen LogP contribution in [0.25, 0.3) is 0 Å². The molecule has 0 saturated carbocycles. The predicted molar refractivity (Wildman–Crippen MR) is 94.7 cm³/mol. The van der Waals surface area contributed by atoms with Gasteiger partial charge in [-0.1, -0.05) is 12.1 Å². The van der Waals surface area contributed by atoms with Crippen molar-refractivity contribution in [1.29, 1.82) is 0 Å². The second kappa shape index (κ2) is 7.77. The first-order valence-corrected chi connectivity index (χ1v) is 9.16. The van der Waals surface area contributed by atoms with Gasteiger partial charge in [0.15, 0.2) is 0 Å². The lowest BCUT2D eigenvalue weighted by Gasteiger charge is -2.24. The summed E-state index contributed by atoms with van der Waals surface area (Å²) >= 11 is 3.99. The van der Waals surface area contributed by atoms with Gasteiger partial charge in [-0.05, 0) is 30.7 Å². The van der Waals surface area contributed by atoms with Gasteiger partial charge in [-0.3, -0.25) is 4.79 Å². The minimum absolute atomic E-state index is 0. The number of carbonyl (C=O) groups is 1. The highest BCUT2D eigenvalue weighted by Gasteiger charge is 2.24. The van der Waals surface area contributed by atoms with E-state index >= 15 is 0 Å². The van der Waals surface area contributed by atoms with Gasteiger partial charge in [-0.15, -0.1) is 35.9 Å². The molecule has 3 rings (SSSR count). The molecule has 2 heterocycles. The van der Waals surface area contributed by atoms with Gasteiger partial charge in [-0.25, -0.2) is 0 Å². The Morgan fingerprint density at radius 2 is 1.90 bits per heavy atom. The van der Waals surface area contributed by atoms with Crippen LogP contribution in [0.4, 0.5) is 0 Å². The lowest BCUT2D eigenvalue weighted by atomic mass is 10.1. The van der Waals surface area contributed by atoms with Crippen molar-refractivity contribution in [3.8, 4) is 0 Å². The summed E-state index contributed by atoms with van der Waals surface area (Å²) in [6, 6.07) is 8.53. The van der Waals surface area contributed by atoms with E-state index in [1.165, 1.54) is 17.1 Å². The van der Waals surface area contributed by atoms with Crippen molar-refractivity contribution in [2.24, 2.45) is 0 Å². The molecule has 3 nitrogen and oxygen atoms in total. The van der Waals surface area contributed by atoms with E-state index in [1.807, 2.05) is 47.6 Å². The third-order valence-corrected chi connectivity index (χ3v) is 7.06. The molecule has 2 aliphatic rings. The Kier molecular flexibility index (Phi) is 6.29. The van der Waals surface area contributed by atoms with Crippen molar-refractivity contribution in [2.45, 2.75) is 17.0 Å². The number of amides is 1. The van der Waals surface area contributed by atoms with Gasteiger partial charge in [0, 0.05) is 36.7 Å². The van der Waals surface area contributed by atoms with E-state index in [0.29, 0.717) is 10.6 Å². The van der Waals surface area contributed by atoms with E-state index in [1.54, 1.807) is 0 Å². The van der Waals surface area contributed by atoms with Crippen LogP contribution < -0.4 is 5.32 Å². The number of halogens is 1. The van der Waals surface area contributed by atoms with Crippen LogP contribution in [0.5, 0.6) is 0 Å². The molecule has 1 unspecified atom stereocenters. The summed E-state index contributed by atoms with van der Waals surface area (Å²) in [7, 11) is 1.91. The molecule has 0 aromatic heterocycles. The largest absolute Gasteiger partial charge is 0.337 e. The van der Waals surface area contributed by atoms with Crippen LogP contribution in [0.3, 0.4) is 0 Å². The quantitative estimate of drug-likeness (QED) is 0.913. The van der Waals surface area contributed by atoms with Gasteiger partial charge in [0.25, 0.3) is 5.91 Å². The molecule has 0 aliphatic carbocycles. The monoisotopic (exact) mass is 344 g/mol. The molecule has 1 aromatic rings. The van der Waals surface area contributed by atoms with Crippen LogP contribution in [0.2, 0.25) is 0 Å². The van der Waals surface area contributed by atoms with E-state index in [2.05, 4.69) is 17.4 Å². The van der Waals surface area contributed by atoms with Gasteiger partial charge in [0.05, 0.1) is 4.58 Å². The van der Waals surface area contributed by atoms with Crippen LogP contribution >= 0.6 is 35.9 Å². The Morgan fingerprint density at radius 3 is 2.48 bits per heavy atom. The van der Waals surface area contributed by atoms with E-state index in [0.717, 1.165) is 25.1 Å². The molecular formula is C15H21ClN2OS2. The number of hydrogen-bond donors (Lipinski definition) is 1. The molecule has 1 aromatic carbocycles. The molecule has 1 atom stereocenters. The fourth-order valence-electron chi connectivity index (χ4n) is 2.67. The number of benzene rings is 1. The highest BCUT2D eigenvalue weighted by molar-refractivity contribution is 8.19. The zero-order valence-electron chi connectivity index (χ0n) is 12.1. The van der Waals surface area contributed by atoms with Crippen LogP contribution in [0.15, 0.2) is 24.3 Å². The highest BCUT2D eigenvalue weighted by atomic mass is 35.5. The summed E-state index contributed by atoms with van der Waals surface area (Å²) in [5, 5.41) is 3.31. The molecule has 21 heavy (non-hydrogen) atoms. The maximum Gasteiger partial charge on any atom is 0.253 e. The number of nitrogens with one attached hydrogen (secondary N) is 1. The minimum atomic E-state index is 0. The van der Waals surface area contributed by atoms with E-state index in [-0.39, 0.29) is 18.3 Å². The van der Waals surface area contributed by atoms with E-state index in [4.69, 9.17) is 0 Å². The van der Waals surface area contributed by atoms with Gasteiger partial charge in [-0.2, -0.15) is 0 Å². The molecule has 0 bridgehead atoms. The zero-order valence-corrected chi connectivity index (χ0v) is 14.5. The maximum absolute atomic E-state index is 12.5. The Morgan fingerprint density at radius 1 is 1.24 bits per heavy atom. The summed E-state index contributed by atoms with van der Waals surface area (Å²) in [6.45, 7) is 1.92. The maximum atomic E-state index is 12.5. The predicted octanol–water partition coefficient (Wildman–Crippen LogP) is 3.02. The molecule has 116 valence electrons. The standard InChI is InChI=1S/C15H20N2OS2.ClH/c1-17(13-6-7-16-10-13)14(18)11-2-4-12(5-3-11)15-19-8-9-20-15;/h2-5,13,15-16H,6-10H2,1H3;1H. The van der Waals surface area contributed by atoms with Gasteiger partial charge < -0.3 is 10.2 Å². The summed E-state index contributed by atoms with van der Waals surface area (Å²) in [4.78, 5) is 14.3. The second-order valence-electron chi connectivity index (χ2n) is 5.26. The minimum Gasteiger partial charge on any atom is -0.337 e. The summed E-state index contributed by atoms with van der Waals surface area (Å²) in [6.07, 6.45) is 1.05. The van der Waals surface area contributed by atoms with Gasteiger partial charge in [0.2, 0.25) is 0 Å². The summed E-state index contributed by atoms with van der Waals surface area (Å²) < 4.78 is 0.552. The Hall–Kier alpha value is -0.360. The normalized spacial score (nSPS) is 22.0. The lowest BCUT2D eigenvalue weighted by Crippen LogP contribution is -2.38. The van der Waals surface area contributed by atoms with E-state index < -0.39 is 0 Å². The molecule has 2 saturated heterocycles. The first kappa shape index (κ1) is 17.0.